The van der Waals surface area contributed by atoms with Gasteiger partial charge in [0.1, 0.15) is 5.56 Å². The van der Waals surface area contributed by atoms with E-state index in [1.165, 1.54) is 18.2 Å². The monoisotopic (exact) mass is 626 g/mol. The van der Waals surface area contributed by atoms with Gasteiger partial charge in [0, 0.05) is 30.3 Å². The fraction of sp³-hybridized carbons (Fsp3) is 0.265. The molecule has 5 rings (SSSR count). The summed E-state index contributed by atoms with van der Waals surface area (Å²) in [5, 5.41) is 11.7. The van der Waals surface area contributed by atoms with E-state index >= 15 is 0 Å². The topological polar surface area (TPSA) is 71.0 Å². The maximum atomic E-state index is 14.3. The first-order valence-electron chi connectivity index (χ1n) is 14.2. The predicted molar refractivity (Wildman–Crippen MR) is 156 cm³/mol. The third-order valence-electron chi connectivity index (χ3n) is 7.76. The van der Waals surface area contributed by atoms with Gasteiger partial charge >= 0.3 is 0 Å². The van der Waals surface area contributed by atoms with Crippen molar-refractivity contribution in [3.05, 3.63) is 136 Å². The lowest BCUT2D eigenvalue weighted by Gasteiger charge is -2.42. The molecule has 4 aromatic carbocycles. The minimum absolute atomic E-state index is 0.0221. The number of amides is 1. The first-order chi connectivity index (χ1) is 21.6. The molecular formula is C34H31F5N2O4. The Morgan fingerprint density at radius 2 is 1.44 bits per heavy atom. The SMILES string of the molecule is CC1C(CN(C)Cc2ccccc2)OC(c2cccc(NC(=O)c3c(F)c(F)c(F)c(F)c3F)c2)OC1c1ccc(CO)cc1. The molecule has 1 aliphatic rings. The molecule has 0 saturated carbocycles. The smallest absolute Gasteiger partial charge is 0.261 e. The van der Waals surface area contributed by atoms with Crippen LogP contribution in [0.4, 0.5) is 27.6 Å². The van der Waals surface area contributed by atoms with E-state index < -0.39 is 53.0 Å². The van der Waals surface area contributed by atoms with Gasteiger partial charge in [-0.25, -0.2) is 22.0 Å². The van der Waals surface area contributed by atoms with Crippen molar-refractivity contribution in [2.45, 2.75) is 38.6 Å². The van der Waals surface area contributed by atoms with E-state index in [1.54, 1.807) is 6.07 Å². The van der Waals surface area contributed by atoms with Crippen molar-refractivity contribution in [3.63, 3.8) is 0 Å². The van der Waals surface area contributed by atoms with E-state index in [9.17, 15) is 31.9 Å². The minimum Gasteiger partial charge on any atom is -0.392 e. The van der Waals surface area contributed by atoms with Gasteiger partial charge in [0.25, 0.3) is 5.91 Å². The van der Waals surface area contributed by atoms with Crippen LogP contribution in [0.5, 0.6) is 0 Å². The van der Waals surface area contributed by atoms with Crippen LogP contribution in [0.2, 0.25) is 0 Å². The van der Waals surface area contributed by atoms with Crippen LogP contribution < -0.4 is 5.32 Å². The largest absolute Gasteiger partial charge is 0.392 e. The summed E-state index contributed by atoms with van der Waals surface area (Å²) >= 11 is 0. The second-order valence-corrected chi connectivity index (χ2v) is 11.0. The molecule has 4 atom stereocenters. The van der Waals surface area contributed by atoms with E-state index in [0.717, 1.165) is 16.7 Å². The van der Waals surface area contributed by atoms with Crippen molar-refractivity contribution in [1.82, 2.24) is 4.90 Å². The summed E-state index contributed by atoms with van der Waals surface area (Å²) in [4.78, 5) is 14.8. The van der Waals surface area contributed by atoms with Gasteiger partial charge in [-0.15, -0.1) is 0 Å². The molecule has 0 bridgehead atoms. The molecule has 0 aromatic heterocycles. The summed E-state index contributed by atoms with van der Waals surface area (Å²) in [5.41, 5.74) is 1.61. The second kappa shape index (κ2) is 13.9. The number of carbonyl (C=O) groups is 1. The number of benzene rings is 4. The van der Waals surface area contributed by atoms with Gasteiger partial charge in [0.15, 0.2) is 29.6 Å². The zero-order valence-corrected chi connectivity index (χ0v) is 24.4. The minimum atomic E-state index is -2.35. The molecule has 6 nitrogen and oxygen atoms in total. The zero-order chi connectivity index (χ0) is 32.2. The Labute approximate surface area is 257 Å². The van der Waals surface area contributed by atoms with Crippen LogP contribution >= 0.6 is 0 Å². The lowest BCUT2D eigenvalue weighted by molar-refractivity contribution is -0.276. The summed E-state index contributed by atoms with van der Waals surface area (Å²) in [6.45, 7) is 3.12. The Bertz CT molecular complexity index is 1630. The second-order valence-electron chi connectivity index (χ2n) is 11.0. The Morgan fingerprint density at radius 3 is 2.09 bits per heavy atom. The average molecular weight is 627 g/mol. The quantitative estimate of drug-likeness (QED) is 0.118. The Kier molecular flexibility index (Phi) is 9.93. The maximum Gasteiger partial charge on any atom is 0.261 e. The van der Waals surface area contributed by atoms with Crippen LogP contribution in [0, 0.1) is 35.0 Å². The van der Waals surface area contributed by atoms with Crippen LogP contribution in [0.25, 0.3) is 0 Å². The zero-order valence-electron chi connectivity index (χ0n) is 24.4. The Hall–Kier alpha value is -4.16. The Balaban J connectivity index is 1.41. The normalized spacial score (nSPS) is 19.9. The number of nitrogens with zero attached hydrogens (tertiary/aromatic N) is 1. The highest BCUT2D eigenvalue weighted by Gasteiger charge is 2.39. The number of carbonyl (C=O) groups excluding carboxylic acids is 1. The summed E-state index contributed by atoms with van der Waals surface area (Å²) in [6.07, 6.45) is -1.70. The highest BCUT2D eigenvalue weighted by Crippen LogP contribution is 2.42. The molecule has 1 amide bonds. The average Bonchev–Trinajstić information content (AvgIpc) is 3.04. The van der Waals surface area contributed by atoms with E-state index in [1.807, 2.05) is 68.6 Å². The van der Waals surface area contributed by atoms with Crippen LogP contribution in [0.1, 0.15) is 51.9 Å². The van der Waals surface area contributed by atoms with Gasteiger partial charge in [-0.3, -0.25) is 9.69 Å². The molecule has 1 heterocycles. The molecule has 236 valence electrons. The summed E-state index contributed by atoms with van der Waals surface area (Å²) in [5.74, 6) is -12.9. The van der Waals surface area contributed by atoms with Gasteiger partial charge in [-0.2, -0.15) is 0 Å². The maximum absolute atomic E-state index is 14.3. The molecule has 0 aliphatic carbocycles. The number of anilines is 1. The fourth-order valence-corrected chi connectivity index (χ4v) is 5.36. The number of aliphatic hydroxyl groups is 1. The number of hydrogen-bond donors (Lipinski definition) is 2. The highest BCUT2D eigenvalue weighted by atomic mass is 19.2. The molecule has 1 aliphatic heterocycles. The number of nitrogens with one attached hydrogen (secondary N) is 1. The number of aliphatic hydroxyl groups excluding tert-OH is 1. The van der Waals surface area contributed by atoms with Gasteiger partial charge in [-0.05, 0) is 35.9 Å². The molecular weight excluding hydrogens is 595 g/mol. The molecule has 4 unspecified atom stereocenters. The number of likely N-dealkylation sites (N-methyl/N-ethyl adjacent to an activating group) is 1. The number of halogens is 5. The first kappa shape index (κ1) is 32.2. The molecule has 45 heavy (non-hydrogen) atoms. The molecule has 0 radical (unpaired) electrons. The third-order valence-corrected chi connectivity index (χ3v) is 7.76. The van der Waals surface area contributed by atoms with Gasteiger partial charge < -0.3 is 19.9 Å². The number of rotatable bonds is 9. The van der Waals surface area contributed by atoms with Crippen molar-refractivity contribution in [2.75, 3.05) is 18.9 Å². The lowest BCUT2D eigenvalue weighted by Crippen LogP contribution is -2.43. The lowest BCUT2D eigenvalue weighted by atomic mass is 9.90. The van der Waals surface area contributed by atoms with Crippen LogP contribution in [0.15, 0.2) is 78.9 Å². The van der Waals surface area contributed by atoms with E-state index in [4.69, 9.17) is 9.47 Å². The van der Waals surface area contributed by atoms with Gasteiger partial charge in [0.05, 0.1) is 18.8 Å². The molecule has 1 saturated heterocycles. The Morgan fingerprint density at radius 1 is 0.800 bits per heavy atom. The molecule has 4 aromatic rings. The van der Waals surface area contributed by atoms with E-state index in [0.29, 0.717) is 18.7 Å². The van der Waals surface area contributed by atoms with Crippen LogP contribution in [0.3, 0.4) is 0 Å². The first-order valence-corrected chi connectivity index (χ1v) is 14.2. The number of ether oxygens (including phenoxy) is 2. The third kappa shape index (κ3) is 7.07. The van der Waals surface area contributed by atoms with Crippen LogP contribution in [-0.2, 0) is 22.6 Å². The molecule has 0 spiro atoms. The van der Waals surface area contributed by atoms with E-state index in [2.05, 4.69) is 10.2 Å². The van der Waals surface area contributed by atoms with Crippen LogP contribution in [-0.4, -0.2) is 35.6 Å². The van der Waals surface area contributed by atoms with Crippen molar-refractivity contribution < 1.29 is 41.3 Å². The van der Waals surface area contributed by atoms with Gasteiger partial charge in [0.2, 0.25) is 5.82 Å². The summed E-state index contributed by atoms with van der Waals surface area (Å²) < 4.78 is 82.3. The summed E-state index contributed by atoms with van der Waals surface area (Å²) in [7, 11) is 1.98. The number of hydrogen-bond acceptors (Lipinski definition) is 5. The van der Waals surface area contributed by atoms with E-state index in [-0.39, 0.29) is 24.3 Å². The summed E-state index contributed by atoms with van der Waals surface area (Å²) in [6, 6.07) is 23.4. The fourth-order valence-electron chi connectivity index (χ4n) is 5.36. The molecule has 11 heteroatoms. The molecule has 2 N–H and O–H groups in total. The van der Waals surface area contributed by atoms with Crippen molar-refractivity contribution in [2.24, 2.45) is 5.92 Å². The predicted octanol–water partition coefficient (Wildman–Crippen LogP) is 7.05. The van der Waals surface area contributed by atoms with Crippen molar-refractivity contribution in [1.29, 1.82) is 0 Å². The van der Waals surface area contributed by atoms with Crippen molar-refractivity contribution >= 4 is 11.6 Å². The highest BCUT2D eigenvalue weighted by molar-refractivity contribution is 6.04. The van der Waals surface area contributed by atoms with Crippen molar-refractivity contribution in [3.8, 4) is 0 Å². The standard InChI is InChI=1S/C34H31F5N2O4/c1-19-25(17-41(2)16-20-7-4-3-5-8-20)44-34(45-32(19)22-13-11-21(18-42)12-14-22)23-9-6-10-24(15-23)40-33(43)26-27(35)29(37)31(39)30(38)28(26)36/h3-15,19,25,32,34,42H,16-18H2,1-2H3,(H,40,43). The molecule has 1 fully saturated rings. The van der Waals surface area contributed by atoms with Gasteiger partial charge in [-0.1, -0.05) is 73.7 Å².